The third kappa shape index (κ3) is 5.38. The Labute approximate surface area is 142 Å². The summed E-state index contributed by atoms with van der Waals surface area (Å²) in [5.41, 5.74) is 2.41. The standard InChI is InChI=1S/C18H21NO4S/c1-14-5-3-4-6-15(14)11-12-19-18(20)13-23-16-7-9-17(10-8-16)24(2,21)22/h3-10H,11-13H2,1-2H3,(H,19,20). The predicted molar refractivity (Wildman–Crippen MR) is 92.9 cm³/mol. The molecule has 2 rings (SSSR count). The second kappa shape index (κ2) is 7.97. The van der Waals surface area contributed by atoms with Crippen molar-refractivity contribution in [2.45, 2.75) is 18.2 Å². The number of amides is 1. The Morgan fingerprint density at radius 1 is 1.08 bits per heavy atom. The molecule has 0 saturated heterocycles. The van der Waals surface area contributed by atoms with Crippen molar-refractivity contribution in [3.05, 3.63) is 59.7 Å². The molecule has 0 aliphatic rings. The summed E-state index contributed by atoms with van der Waals surface area (Å²) in [6.45, 7) is 2.48. The third-order valence-electron chi connectivity index (χ3n) is 3.60. The van der Waals surface area contributed by atoms with Gasteiger partial charge in [0.15, 0.2) is 16.4 Å². The molecule has 2 aromatic rings. The smallest absolute Gasteiger partial charge is 0.257 e. The van der Waals surface area contributed by atoms with Gasteiger partial charge in [0.2, 0.25) is 0 Å². The van der Waals surface area contributed by atoms with Gasteiger partial charge in [-0.15, -0.1) is 0 Å². The number of rotatable bonds is 7. The largest absolute Gasteiger partial charge is 0.484 e. The fraction of sp³-hybridized carbons (Fsp3) is 0.278. The summed E-state index contributed by atoms with van der Waals surface area (Å²) < 4.78 is 28.1. The first-order valence-corrected chi connectivity index (χ1v) is 9.49. The van der Waals surface area contributed by atoms with Crippen LogP contribution < -0.4 is 10.1 Å². The van der Waals surface area contributed by atoms with Gasteiger partial charge in [-0.25, -0.2) is 8.42 Å². The number of hydrogen-bond donors (Lipinski definition) is 1. The molecule has 2 aromatic carbocycles. The van der Waals surface area contributed by atoms with Crippen LogP contribution in [0.4, 0.5) is 0 Å². The second-order valence-corrected chi connectivity index (χ2v) is 7.57. The van der Waals surface area contributed by atoms with Crippen LogP contribution in [0.1, 0.15) is 11.1 Å². The van der Waals surface area contributed by atoms with Crippen molar-refractivity contribution in [3.63, 3.8) is 0 Å². The van der Waals surface area contributed by atoms with Crippen molar-refractivity contribution in [1.82, 2.24) is 5.32 Å². The van der Waals surface area contributed by atoms with Crippen LogP contribution >= 0.6 is 0 Å². The van der Waals surface area contributed by atoms with E-state index in [-0.39, 0.29) is 17.4 Å². The molecule has 0 saturated carbocycles. The van der Waals surface area contributed by atoms with Gasteiger partial charge in [0.25, 0.3) is 5.91 Å². The summed E-state index contributed by atoms with van der Waals surface area (Å²) >= 11 is 0. The molecule has 5 nitrogen and oxygen atoms in total. The van der Waals surface area contributed by atoms with Gasteiger partial charge in [-0.3, -0.25) is 4.79 Å². The van der Waals surface area contributed by atoms with Crippen LogP contribution in [0.15, 0.2) is 53.4 Å². The highest BCUT2D eigenvalue weighted by atomic mass is 32.2. The van der Waals surface area contributed by atoms with E-state index in [1.807, 2.05) is 31.2 Å². The van der Waals surface area contributed by atoms with Gasteiger partial charge in [0, 0.05) is 12.8 Å². The van der Waals surface area contributed by atoms with E-state index in [4.69, 9.17) is 4.74 Å². The Morgan fingerprint density at radius 2 is 1.75 bits per heavy atom. The first kappa shape index (κ1) is 18.0. The van der Waals surface area contributed by atoms with E-state index < -0.39 is 9.84 Å². The molecule has 0 bridgehead atoms. The minimum atomic E-state index is -3.23. The molecule has 24 heavy (non-hydrogen) atoms. The lowest BCUT2D eigenvalue weighted by Crippen LogP contribution is -2.30. The third-order valence-corrected chi connectivity index (χ3v) is 4.73. The monoisotopic (exact) mass is 347 g/mol. The number of nitrogens with one attached hydrogen (secondary N) is 1. The molecule has 0 unspecified atom stereocenters. The molecule has 0 radical (unpaired) electrons. The highest BCUT2D eigenvalue weighted by molar-refractivity contribution is 7.90. The zero-order chi connectivity index (χ0) is 17.6. The molecule has 0 fully saturated rings. The van der Waals surface area contributed by atoms with Crippen LogP contribution in [0.3, 0.4) is 0 Å². The van der Waals surface area contributed by atoms with Crippen molar-refractivity contribution < 1.29 is 17.9 Å². The van der Waals surface area contributed by atoms with Crippen LogP contribution in [0, 0.1) is 6.92 Å². The van der Waals surface area contributed by atoms with Crippen molar-refractivity contribution in [2.24, 2.45) is 0 Å². The normalized spacial score (nSPS) is 11.1. The predicted octanol–water partition coefficient (Wildman–Crippen LogP) is 2.14. The summed E-state index contributed by atoms with van der Waals surface area (Å²) in [5.74, 6) is 0.243. The number of carbonyl (C=O) groups excluding carboxylic acids is 1. The molecule has 0 atom stereocenters. The van der Waals surface area contributed by atoms with Crippen LogP contribution in [0.25, 0.3) is 0 Å². The molecular weight excluding hydrogens is 326 g/mol. The molecule has 1 amide bonds. The van der Waals surface area contributed by atoms with Crippen LogP contribution in [-0.4, -0.2) is 33.7 Å². The van der Waals surface area contributed by atoms with Gasteiger partial charge >= 0.3 is 0 Å². The number of carbonyl (C=O) groups is 1. The fourth-order valence-corrected chi connectivity index (χ4v) is 2.84. The average Bonchev–Trinajstić information content (AvgIpc) is 2.54. The maximum Gasteiger partial charge on any atom is 0.257 e. The molecule has 0 aromatic heterocycles. The summed E-state index contributed by atoms with van der Waals surface area (Å²) in [6, 6.07) is 14.0. The Hall–Kier alpha value is -2.34. The zero-order valence-corrected chi connectivity index (χ0v) is 14.6. The number of ether oxygens (including phenoxy) is 1. The van der Waals surface area contributed by atoms with Crippen molar-refractivity contribution in [3.8, 4) is 5.75 Å². The Balaban J connectivity index is 1.76. The molecule has 0 aliphatic heterocycles. The van der Waals surface area contributed by atoms with Crippen LogP contribution in [0.5, 0.6) is 5.75 Å². The van der Waals surface area contributed by atoms with Gasteiger partial charge in [-0.05, 0) is 48.7 Å². The van der Waals surface area contributed by atoms with E-state index in [0.717, 1.165) is 12.7 Å². The lowest BCUT2D eigenvalue weighted by Gasteiger charge is -2.09. The van der Waals surface area contributed by atoms with Gasteiger partial charge in [-0.1, -0.05) is 24.3 Å². The molecular formula is C18H21NO4S. The van der Waals surface area contributed by atoms with Gasteiger partial charge in [-0.2, -0.15) is 0 Å². The summed E-state index contributed by atoms with van der Waals surface area (Å²) in [4.78, 5) is 12.0. The van der Waals surface area contributed by atoms with Crippen molar-refractivity contribution >= 4 is 15.7 Å². The SMILES string of the molecule is Cc1ccccc1CCNC(=O)COc1ccc(S(C)(=O)=O)cc1. The molecule has 0 heterocycles. The summed E-state index contributed by atoms with van der Waals surface area (Å²) in [6.07, 6.45) is 1.91. The van der Waals surface area contributed by atoms with Crippen molar-refractivity contribution in [2.75, 3.05) is 19.4 Å². The van der Waals surface area contributed by atoms with Crippen LogP contribution in [0.2, 0.25) is 0 Å². The quantitative estimate of drug-likeness (QED) is 0.833. The van der Waals surface area contributed by atoms with Gasteiger partial charge in [0.1, 0.15) is 5.75 Å². The van der Waals surface area contributed by atoms with E-state index in [0.29, 0.717) is 12.3 Å². The molecule has 1 N–H and O–H groups in total. The number of benzene rings is 2. The van der Waals surface area contributed by atoms with E-state index >= 15 is 0 Å². The Bertz CT molecular complexity index is 798. The Kier molecular flexibility index (Phi) is 5.98. The highest BCUT2D eigenvalue weighted by Gasteiger charge is 2.07. The minimum absolute atomic E-state index is 0.105. The summed E-state index contributed by atoms with van der Waals surface area (Å²) in [5, 5.41) is 2.80. The summed E-state index contributed by atoms with van der Waals surface area (Å²) in [7, 11) is -3.23. The fourth-order valence-electron chi connectivity index (χ4n) is 2.21. The number of aryl methyl sites for hydroxylation is 1. The number of hydrogen-bond acceptors (Lipinski definition) is 4. The second-order valence-electron chi connectivity index (χ2n) is 5.56. The van der Waals surface area contributed by atoms with E-state index in [1.54, 1.807) is 0 Å². The van der Waals surface area contributed by atoms with E-state index in [9.17, 15) is 13.2 Å². The van der Waals surface area contributed by atoms with Gasteiger partial charge in [0.05, 0.1) is 4.90 Å². The molecule has 0 spiro atoms. The first-order valence-electron chi connectivity index (χ1n) is 7.60. The van der Waals surface area contributed by atoms with E-state index in [1.165, 1.54) is 35.4 Å². The maximum atomic E-state index is 11.8. The highest BCUT2D eigenvalue weighted by Crippen LogP contribution is 2.15. The zero-order valence-electron chi connectivity index (χ0n) is 13.8. The number of sulfone groups is 1. The lowest BCUT2D eigenvalue weighted by atomic mass is 10.1. The average molecular weight is 347 g/mol. The van der Waals surface area contributed by atoms with Gasteiger partial charge < -0.3 is 10.1 Å². The molecule has 128 valence electrons. The Morgan fingerprint density at radius 3 is 2.38 bits per heavy atom. The minimum Gasteiger partial charge on any atom is -0.484 e. The first-order chi connectivity index (χ1) is 11.4. The van der Waals surface area contributed by atoms with E-state index in [2.05, 4.69) is 5.32 Å². The lowest BCUT2D eigenvalue weighted by molar-refractivity contribution is -0.123. The van der Waals surface area contributed by atoms with Crippen molar-refractivity contribution in [1.29, 1.82) is 0 Å². The topological polar surface area (TPSA) is 72.5 Å². The molecule has 6 heteroatoms. The maximum absolute atomic E-state index is 11.8. The molecule has 0 aliphatic carbocycles. The van der Waals surface area contributed by atoms with Crippen LogP contribution in [-0.2, 0) is 21.1 Å².